The lowest BCUT2D eigenvalue weighted by molar-refractivity contribution is 0.0697. The van der Waals surface area contributed by atoms with Crippen LogP contribution in [-0.2, 0) is 6.54 Å². The maximum Gasteiger partial charge on any atom is 0.335 e. The highest BCUT2D eigenvalue weighted by Gasteiger charge is 2.16. The first-order chi connectivity index (χ1) is 13.7. The van der Waals surface area contributed by atoms with Crippen LogP contribution in [0.1, 0.15) is 21.5 Å². The van der Waals surface area contributed by atoms with E-state index < -0.39 is 5.97 Å². The summed E-state index contributed by atoms with van der Waals surface area (Å²) in [5.74, 6) is -0.911. The molecule has 0 bridgehead atoms. The minimum atomic E-state index is -0.911. The summed E-state index contributed by atoms with van der Waals surface area (Å²) in [4.78, 5) is 13.4. The molecule has 5 nitrogen and oxygen atoms in total. The number of hydrogen-bond acceptors (Lipinski definition) is 4. The van der Waals surface area contributed by atoms with Crippen molar-refractivity contribution >= 4 is 23.0 Å². The molecule has 1 fully saturated rings. The van der Waals surface area contributed by atoms with Gasteiger partial charge in [-0.15, -0.1) is 0 Å². The van der Waals surface area contributed by atoms with Crippen molar-refractivity contribution in [3.8, 4) is 0 Å². The number of aromatic carboxylic acids is 1. The Morgan fingerprint density at radius 3 is 2.39 bits per heavy atom. The van der Waals surface area contributed by atoms with Gasteiger partial charge >= 0.3 is 5.97 Å². The van der Waals surface area contributed by atoms with Crippen LogP contribution >= 0.6 is 0 Å². The molecular formula is C23H23N3O2. The van der Waals surface area contributed by atoms with Crippen molar-refractivity contribution in [1.29, 1.82) is 0 Å². The van der Waals surface area contributed by atoms with E-state index in [-0.39, 0.29) is 0 Å². The monoisotopic (exact) mass is 373 g/mol. The Morgan fingerprint density at radius 1 is 0.929 bits per heavy atom. The van der Waals surface area contributed by atoms with E-state index in [0.29, 0.717) is 5.56 Å². The molecule has 0 radical (unpaired) electrons. The minimum absolute atomic E-state index is 0.291. The van der Waals surface area contributed by atoms with Gasteiger partial charge in [0.1, 0.15) is 0 Å². The van der Waals surface area contributed by atoms with E-state index in [0.717, 1.165) is 38.3 Å². The molecule has 0 atom stereocenters. The molecule has 3 aromatic carbocycles. The summed E-state index contributed by atoms with van der Waals surface area (Å²) in [6.45, 7) is 4.66. The lowest BCUT2D eigenvalue weighted by atomic mass is 10.0. The third kappa shape index (κ3) is 4.21. The first-order valence-corrected chi connectivity index (χ1v) is 9.50. The average Bonchev–Trinajstić information content (AvgIpc) is 2.74. The second-order valence-corrected chi connectivity index (χ2v) is 7.04. The first kappa shape index (κ1) is 18.2. The van der Waals surface area contributed by atoms with Crippen molar-refractivity contribution in [2.45, 2.75) is 6.54 Å². The summed E-state index contributed by atoms with van der Waals surface area (Å²) in [7, 11) is 0. The van der Waals surface area contributed by atoms with E-state index in [1.54, 1.807) is 30.5 Å². The van der Waals surface area contributed by atoms with Crippen LogP contribution < -0.4 is 0 Å². The number of rotatable bonds is 5. The summed E-state index contributed by atoms with van der Waals surface area (Å²) in [6, 6.07) is 21.8. The molecule has 1 heterocycles. The standard InChI is InChI=1S/C23H23N3O2/c27-23(28)20-10-8-18(9-11-20)16-24-26-14-12-25(13-15-26)17-21-6-3-5-19-4-1-2-7-22(19)21/h1-11,16H,12-15,17H2,(H,27,28)/b24-16+. The van der Waals surface area contributed by atoms with Gasteiger partial charge in [-0.2, -0.15) is 5.10 Å². The molecule has 0 aromatic heterocycles. The molecule has 28 heavy (non-hydrogen) atoms. The van der Waals surface area contributed by atoms with Gasteiger partial charge in [-0.25, -0.2) is 4.79 Å². The van der Waals surface area contributed by atoms with Gasteiger partial charge < -0.3 is 5.11 Å². The second-order valence-electron chi connectivity index (χ2n) is 7.04. The van der Waals surface area contributed by atoms with E-state index in [2.05, 4.69) is 57.5 Å². The van der Waals surface area contributed by atoms with Gasteiger partial charge in [-0.3, -0.25) is 9.91 Å². The molecule has 0 spiro atoms. The van der Waals surface area contributed by atoms with E-state index in [1.807, 2.05) is 0 Å². The average molecular weight is 373 g/mol. The molecule has 1 aliphatic rings. The van der Waals surface area contributed by atoms with Gasteiger partial charge in [0.25, 0.3) is 0 Å². The number of hydrogen-bond donors (Lipinski definition) is 1. The highest BCUT2D eigenvalue weighted by molar-refractivity contribution is 5.89. The lowest BCUT2D eigenvalue weighted by Crippen LogP contribution is -2.43. The second kappa shape index (κ2) is 8.23. The number of carboxylic acid groups (broad SMARTS) is 1. The van der Waals surface area contributed by atoms with Crippen molar-refractivity contribution in [1.82, 2.24) is 9.91 Å². The van der Waals surface area contributed by atoms with Crippen molar-refractivity contribution in [2.24, 2.45) is 5.10 Å². The zero-order chi connectivity index (χ0) is 19.3. The molecule has 1 N–H and O–H groups in total. The van der Waals surface area contributed by atoms with Crippen molar-refractivity contribution in [3.63, 3.8) is 0 Å². The molecule has 0 unspecified atom stereocenters. The summed E-state index contributed by atoms with van der Waals surface area (Å²) < 4.78 is 0. The van der Waals surface area contributed by atoms with E-state index in [4.69, 9.17) is 5.11 Å². The third-order valence-electron chi connectivity index (χ3n) is 5.15. The fourth-order valence-electron chi connectivity index (χ4n) is 3.54. The Balaban J connectivity index is 1.33. The number of carbonyl (C=O) groups is 1. The summed E-state index contributed by atoms with van der Waals surface area (Å²) in [5, 5.41) is 18.2. The molecule has 1 aliphatic heterocycles. The molecule has 3 aromatic rings. The van der Waals surface area contributed by atoms with E-state index >= 15 is 0 Å². The van der Waals surface area contributed by atoms with Crippen LogP contribution in [0.5, 0.6) is 0 Å². The van der Waals surface area contributed by atoms with Crippen molar-refractivity contribution in [3.05, 3.63) is 83.4 Å². The molecule has 0 saturated carbocycles. The van der Waals surface area contributed by atoms with Crippen molar-refractivity contribution < 1.29 is 9.90 Å². The molecule has 5 heteroatoms. The van der Waals surface area contributed by atoms with Crippen LogP contribution in [0.2, 0.25) is 0 Å². The van der Waals surface area contributed by atoms with E-state index in [1.165, 1.54) is 16.3 Å². The van der Waals surface area contributed by atoms with Crippen molar-refractivity contribution in [2.75, 3.05) is 26.2 Å². The minimum Gasteiger partial charge on any atom is -0.478 e. The predicted molar refractivity (Wildman–Crippen MR) is 112 cm³/mol. The van der Waals surface area contributed by atoms with Crippen LogP contribution in [0.3, 0.4) is 0 Å². The van der Waals surface area contributed by atoms with Gasteiger partial charge in [0.15, 0.2) is 0 Å². The fraction of sp³-hybridized carbons (Fsp3) is 0.217. The van der Waals surface area contributed by atoms with Gasteiger partial charge in [0.05, 0.1) is 11.8 Å². The SMILES string of the molecule is O=C(O)c1ccc(/C=N/N2CCN(Cc3cccc4ccccc34)CC2)cc1. The Hall–Kier alpha value is -3.18. The number of fused-ring (bicyclic) bond motifs is 1. The molecule has 4 rings (SSSR count). The molecule has 0 amide bonds. The van der Waals surface area contributed by atoms with Crippen LogP contribution in [0.4, 0.5) is 0 Å². The maximum absolute atomic E-state index is 10.9. The van der Waals surface area contributed by atoms with Gasteiger partial charge in [0.2, 0.25) is 0 Å². The molecule has 1 saturated heterocycles. The zero-order valence-corrected chi connectivity index (χ0v) is 15.7. The smallest absolute Gasteiger partial charge is 0.335 e. The number of piperazine rings is 1. The number of hydrazone groups is 1. The van der Waals surface area contributed by atoms with Gasteiger partial charge in [-0.05, 0) is 34.0 Å². The first-order valence-electron chi connectivity index (χ1n) is 9.50. The van der Waals surface area contributed by atoms with E-state index in [9.17, 15) is 4.79 Å². The molecular weight excluding hydrogens is 350 g/mol. The number of benzene rings is 3. The van der Waals surface area contributed by atoms with Crippen LogP contribution in [0.25, 0.3) is 10.8 Å². The highest BCUT2D eigenvalue weighted by Crippen LogP contribution is 2.20. The summed E-state index contributed by atoms with van der Waals surface area (Å²) in [5.41, 5.74) is 2.57. The Kier molecular flexibility index (Phi) is 5.35. The van der Waals surface area contributed by atoms with Crippen LogP contribution in [0.15, 0.2) is 71.8 Å². The largest absolute Gasteiger partial charge is 0.478 e. The van der Waals surface area contributed by atoms with Gasteiger partial charge in [0, 0.05) is 32.7 Å². The number of nitrogens with zero attached hydrogens (tertiary/aromatic N) is 3. The number of carboxylic acids is 1. The highest BCUT2D eigenvalue weighted by atomic mass is 16.4. The quantitative estimate of drug-likeness (QED) is 0.693. The molecule has 142 valence electrons. The summed E-state index contributed by atoms with van der Waals surface area (Å²) in [6.07, 6.45) is 1.80. The van der Waals surface area contributed by atoms with Gasteiger partial charge in [-0.1, -0.05) is 54.6 Å². The topological polar surface area (TPSA) is 56.1 Å². The predicted octanol–water partition coefficient (Wildman–Crippen LogP) is 3.69. The zero-order valence-electron chi connectivity index (χ0n) is 15.7. The Morgan fingerprint density at radius 2 is 1.64 bits per heavy atom. The normalized spacial score (nSPS) is 15.4. The Bertz CT molecular complexity index is 985. The lowest BCUT2D eigenvalue weighted by Gasteiger charge is -2.33. The maximum atomic E-state index is 10.9. The summed E-state index contributed by atoms with van der Waals surface area (Å²) >= 11 is 0. The molecule has 0 aliphatic carbocycles. The van der Waals surface area contributed by atoms with Crippen LogP contribution in [-0.4, -0.2) is 53.4 Å². The fourth-order valence-corrected chi connectivity index (χ4v) is 3.54. The van der Waals surface area contributed by atoms with Crippen LogP contribution in [0, 0.1) is 0 Å². The third-order valence-corrected chi connectivity index (χ3v) is 5.15. The Labute approximate surface area is 164 Å².